The van der Waals surface area contributed by atoms with E-state index in [0.717, 1.165) is 29.5 Å². The van der Waals surface area contributed by atoms with Crippen molar-refractivity contribution in [1.29, 1.82) is 0 Å². The number of carbonyl (C=O) groups is 1. The molecule has 1 atom stereocenters. The van der Waals surface area contributed by atoms with Crippen molar-refractivity contribution in [3.63, 3.8) is 0 Å². The maximum Gasteiger partial charge on any atom is 0.243 e. The smallest absolute Gasteiger partial charge is 0.243 e. The molecule has 0 spiro atoms. The zero-order valence-electron chi connectivity index (χ0n) is 17.9. The molecule has 1 amide bonds. The predicted octanol–water partition coefficient (Wildman–Crippen LogP) is 3.82. The fraction of sp³-hybridized carbons (Fsp3) is 0.458. The molecule has 1 aliphatic heterocycles. The third-order valence-corrected chi connectivity index (χ3v) is 8.68. The Morgan fingerprint density at radius 1 is 1.00 bits per heavy atom. The third kappa shape index (κ3) is 3.91. The highest BCUT2D eigenvalue weighted by Crippen LogP contribution is 2.32. The first-order valence-corrected chi connectivity index (χ1v) is 12.2. The van der Waals surface area contributed by atoms with Crippen molar-refractivity contribution in [2.24, 2.45) is 5.92 Å². The van der Waals surface area contributed by atoms with Crippen molar-refractivity contribution in [1.82, 2.24) is 9.62 Å². The Labute approximate surface area is 179 Å². The minimum absolute atomic E-state index is 0.0523. The highest BCUT2D eigenvalue weighted by atomic mass is 32.2. The minimum Gasteiger partial charge on any atom is -0.349 e. The van der Waals surface area contributed by atoms with Gasteiger partial charge in [-0.25, -0.2) is 8.42 Å². The summed E-state index contributed by atoms with van der Waals surface area (Å²) in [6, 6.07) is 12.2. The van der Waals surface area contributed by atoms with E-state index in [1.807, 2.05) is 45.0 Å². The molecule has 5 nitrogen and oxygen atoms in total. The topological polar surface area (TPSA) is 66.5 Å². The summed E-state index contributed by atoms with van der Waals surface area (Å²) >= 11 is 0. The molecule has 2 aromatic rings. The van der Waals surface area contributed by atoms with Gasteiger partial charge in [-0.2, -0.15) is 4.31 Å². The molecule has 0 radical (unpaired) electrons. The average molecular weight is 427 g/mol. The Kier molecular flexibility index (Phi) is 5.73. The average Bonchev–Trinajstić information content (AvgIpc) is 3.10. The second-order valence-corrected chi connectivity index (χ2v) is 10.6. The van der Waals surface area contributed by atoms with Gasteiger partial charge in [-0.05, 0) is 68.7 Å². The molecular formula is C24H30N2O3S. The van der Waals surface area contributed by atoms with Crippen LogP contribution in [0.2, 0.25) is 0 Å². The van der Waals surface area contributed by atoms with Gasteiger partial charge in [-0.1, -0.05) is 42.0 Å². The summed E-state index contributed by atoms with van der Waals surface area (Å²) in [5, 5.41) is 3.21. The number of rotatable bonds is 4. The number of fused-ring (bicyclic) bond motifs is 1. The van der Waals surface area contributed by atoms with Crippen LogP contribution >= 0.6 is 0 Å². The Balaban J connectivity index is 1.41. The standard InChI is InChI=1S/C24H30N2O3S/c1-16-14-17(2)23(18(3)15-16)30(28,29)26-12-10-20(11-13-26)24(27)25-22-9-8-19-6-4-5-7-21(19)22/h4-7,14-15,20,22H,8-13H2,1-3H3,(H,25,27)/t22-/m0/s1. The van der Waals surface area contributed by atoms with Gasteiger partial charge >= 0.3 is 0 Å². The van der Waals surface area contributed by atoms with Gasteiger partial charge in [-0.15, -0.1) is 0 Å². The van der Waals surface area contributed by atoms with Crippen LogP contribution in [0.5, 0.6) is 0 Å². The number of sulfonamides is 1. The van der Waals surface area contributed by atoms with Crippen molar-refractivity contribution in [3.8, 4) is 0 Å². The van der Waals surface area contributed by atoms with E-state index in [0.29, 0.717) is 30.8 Å². The van der Waals surface area contributed by atoms with Gasteiger partial charge in [0.1, 0.15) is 0 Å². The Bertz CT molecular complexity index is 1050. The van der Waals surface area contributed by atoms with Crippen molar-refractivity contribution in [2.75, 3.05) is 13.1 Å². The van der Waals surface area contributed by atoms with Crippen LogP contribution in [-0.2, 0) is 21.2 Å². The van der Waals surface area contributed by atoms with Crippen LogP contribution in [0.4, 0.5) is 0 Å². The number of benzene rings is 2. The van der Waals surface area contributed by atoms with Crippen molar-refractivity contribution < 1.29 is 13.2 Å². The van der Waals surface area contributed by atoms with Crippen LogP contribution in [0.3, 0.4) is 0 Å². The molecule has 30 heavy (non-hydrogen) atoms. The van der Waals surface area contributed by atoms with E-state index < -0.39 is 10.0 Å². The zero-order valence-corrected chi connectivity index (χ0v) is 18.8. The molecule has 2 aliphatic rings. The molecular weight excluding hydrogens is 396 g/mol. The van der Waals surface area contributed by atoms with Gasteiger partial charge in [0, 0.05) is 19.0 Å². The highest BCUT2D eigenvalue weighted by Gasteiger charge is 2.35. The summed E-state index contributed by atoms with van der Waals surface area (Å²) < 4.78 is 28.1. The molecule has 0 bridgehead atoms. The largest absolute Gasteiger partial charge is 0.349 e. The van der Waals surface area contributed by atoms with Crippen LogP contribution in [0, 0.1) is 26.7 Å². The minimum atomic E-state index is -3.55. The van der Waals surface area contributed by atoms with Crippen LogP contribution in [-0.4, -0.2) is 31.7 Å². The van der Waals surface area contributed by atoms with Crippen molar-refractivity contribution in [3.05, 3.63) is 64.2 Å². The van der Waals surface area contributed by atoms with Crippen molar-refractivity contribution in [2.45, 2.75) is 57.4 Å². The van der Waals surface area contributed by atoms with E-state index >= 15 is 0 Å². The molecule has 160 valence electrons. The molecule has 0 unspecified atom stereocenters. The molecule has 0 aromatic heterocycles. The lowest BCUT2D eigenvalue weighted by Gasteiger charge is -2.32. The van der Waals surface area contributed by atoms with Crippen LogP contribution in [0.15, 0.2) is 41.3 Å². The maximum atomic E-state index is 13.3. The van der Waals surface area contributed by atoms with Gasteiger partial charge in [0.05, 0.1) is 10.9 Å². The van der Waals surface area contributed by atoms with Gasteiger partial charge in [0.15, 0.2) is 0 Å². The van der Waals surface area contributed by atoms with E-state index in [-0.39, 0.29) is 17.9 Å². The number of carbonyl (C=O) groups excluding carboxylic acids is 1. The summed E-state index contributed by atoms with van der Waals surface area (Å²) in [5.74, 6) is -0.0825. The molecule has 1 aliphatic carbocycles. The molecule has 2 aromatic carbocycles. The van der Waals surface area contributed by atoms with E-state index in [4.69, 9.17) is 0 Å². The number of nitrogens with one attached hydrogen (secondary N) is 1. The Morgan fingerprint density at radius 2 is 1.63 bits per heavy atom. The number of hydrogen-bond donors (Lipinski definition) is 1. The molecule has 0 saturated carbocycles. The summed E-state index contributed by atoms with van der Waals surface area (Å²) in [5.41, 5.74) is 5.16. The number of piperidine rings is 1. The number of nitrogens with zero attached hydrogens (tertiary/aromatic N) is 1. The quantitative estimate of drug-likeness (QED) is 0.808. The number of aryl methyl sites for hydroxylation is 4. The number of hydrogen-bond acceptors (Lipinski definition) is 3. The summed E-state index contributed by atoms with van der Waals surface area (Å²) in [6.45, 7) is 6.45. The number of amides is 1. The monoisotopic (exact) mass is 426 g/mol. The third-order valence-electron chi connectivity index (χ3n) is 6.48. The first-order valence-electron chi connectivity index (χ1n) is 10.7. The van der Waals surface area contributed by atoms with Gasteiger partial charge in [0.2, 0.25) is 15.9 Å². The fourth-order valence-electron chi connectivity index (χ4n) is 5.06. The Morgan fingerprint density at radius 3 is 2.30 bits per heavy atom. The molecule has 1 saturated heterocycles. The van der Waals surface area contributed by atoms with E-state index in [9.17, 15) is 13.2 Å². The molecule has 1 N–H and O–H groups in total. The molecule has 1 heterocycles. The second kappa shape index (κ2) is 8.16. The lowest BCUT2D eigenvalue weighted by atomic mass is 9.96. The normalized spacial score (nSPS) is 20.2. The van der Waals surface area contributed by atoms with Gasteiger partial charge in [-0.3, -0.25) is 4.79 Å². The molecule has 4 rings (SSSR count). The van der Waals surface area contributed by atoms with Crippen molar-refractivity contribution >= 4 is 15.9 Å². The molecule has 6 heteroatoms. The van der Waals surface area contributed by atoms with Crippen LogP contribution in [0.1, 0.15) is 53.1 Å². The van der Waals surface area contributed by atoms with Crippen LogP contribution < -0.4 is 5.32 Å². The van der Waals surface area contributed by atoms with E-state index in [1.165, 1.54) is 11.1 Å². The molecule has 1 fully saturated rings. The lowest BCUT2D eigenvalue weighted by Crippen LogP contribution is -2.43. The first-order chi connectivity index (χ1) is 14.3. The van der Waals surface area contributed by atoms with Gasteiger partial charge in [0.25, 0.3) is 0 Å². The van der Waals surface area contributed by atoms with E-state index in [2.05, 4.69) is 17.4 Å². The van der Waals surface area contributed by atoms with Gasteiger partial charge < -0.3 is 5.32 Å². The maximum absolute atomic E-state index is 13.3. The Hall–Kier alpha value is -2.18. The summed E-state index contributed by atoms with van der Waals surface area (Å²) in [6.07, 6.45) is 3.05. The fourth-order valence-corrected chi connectivity index (χ4v) is 6.94. The van der Waals surface area contributed by atoms with Crippen LogP contribution in [0.25, 0.3) is 0 Å². The zero-order chi connectivity index (χ0) is 21.5. The summed E-state index contributed by atoms with van der Waals surface area (Å²) in [4.78, 5) is 13.3. The SMILES string of the molecule is Cc1cc(C)c(S(=O)(=O)N2CCC(C(=O)N[C@H]3CCc4ccccc43)CC2)c(C)c1. The summed E-state index contributed by atoms with van der Waals surface area (Å²) in [7, 11) is -3.55. The van der Waals surface area contributed by atoms with E-state index in [1.54, 1.807) is 4.31 Å². The first kappa shape index (κ1) is 21.1. The highest BCUT2D eigenvalue weighted by molar-refractivity contribution is 7.89. The lowest BCUT2D eigenvalue weighted by molar-refractivity contribution is -0.126. The second-order valence-electron chi connectivity index (χ2n) is 8.70. The predicted molar refractivity (Wildman–Crippen MR) is 118 cm³/mol.